The Hall–Kier alpha value is -2.35. The molecule has 0 radical (unpaired) electrons. The molecule has 0 saturated carbocycles. The van der Waals surface area contributed by atoms with E-state index in [1.165, 1.54) is 25.7 Å². The molecule has 1 N–H and O–H groups in total. The molecule has 0 fully saturated rings. The van der Waals surface area contributed by atoms with E-state index in [0.717, 1.165) is 37.7 Å². The van der Waals surface area contributed by atoms with E-state index < -0.39 is 0 Å². The smallest absolute Gasteiger partial charge is 0.220 e. The molecule has 0 bridgehead atoms. The van der Waals surface area contributed by atoms with Gasteiger partial charge in [-0.2, -0.15) is 0 Å². The third-order valence-electron chi connectivity index (χ3n) is 4.56. The molecule has 158 valence electrons. The van der Waals surface area contributed by atoms with Crippen molar-refractivity contribution in [2.75, 3.05) is 0 Å². The van der Waals surface area contributed by atoms with Gasteiger partial charge in [-0.15, -0.1) is 0 Å². The van der Waals surface area contributed by atoms with Gasteiger partial charge in [-0.25, -0.2) is 0 Å². The zero-order chi connectivity index (χ0) is 20.8. The summed E-state index contributed by atoms with van der Waals surface area (Å²) in [5, 5.41) is 2.97. The maximum Gasteiger partial charge on any atom is 0.220 e. The second-order valence-electron chi connectivity index (χ2n) is 7.24. The van der Waals surface area contributed by atoms with Crippen LogP contribution in [0.2, 0.25) is 0 Å². The van der Waals surface area contributed by atoms with Gasteiger partial charge in [-0.3, -0.25) is 4.79 Å². The van der Waals surface area contributed by atoms with Crippen LogP contribution < -0.4 is 5.32 Å². The molecule has 29 heavy (non-hydrogen) atoms. The Balaban J connectivity index is 1.94. The van der Waals surface area contributed by atoms with Crippen LogP contribution in [-0.4, -0.2) is 5.91 Å². The van der Waals surface area contributed by atoms with Crippen LogP contribution in [0.5, 0.6) is 0 Å². The van der Waals surface area contributed by atoms with Crippen LogP contribution in [0.1, 0.15) is 76.7 Å². The molecule has 0 unspecified atom stereocenters. The molecule has 0 aliphatic rings. The first-order chi connectivity index (χ1) is 14.3. The minimum absolute atomic E-state index is 0.129. The first kappa shape index (κ1) is 24.7. The summed E-state index contributed by atoms with van der Waals surface area (Å²) in [5.74, 6) is 0.129. The normalized spacial score (nSPS) is 12.0. The molecule has 0 saturated heterocycles. The van der Waals surface area contributed by atoms with E-state index in [4.69, 9.17) is 0 Å². The van der Waals surface area contributed by atoms with Crippen LogP contribution in [0.4, 0.5) is 0 Å². The van der Waals surface area contributed by atoms with E-state index in [2.05, 4.69) is 60.8 Å². The maximum absolute atomic E-state index is 11.8. The molecule has 1 aromatic carbocycles. The van der Waals surface area contributed by atoms with E-state index in [-0.39, 0.29) is 5.91 Å². The minimum Gasteiger partial charge on any atom is -0.352 e. The van der Waals surface area contributed by atoms with Crippen molar-refractivity contribution in [1.82, 2.24) is 5.32 Å². The predicted octanol–water partition coefficient (Wildman–Crippen LogP) is 7.45. The molecule has 0 atom stereocenters. The molecule has 2 heteroatoms. The molecule has 1 amide bonds. The fourth-order valence-electron chi connectivity index (χ4n) is 2.83. The highest BCUT2D eigenvalue weighted by molar-refractivity contribution is 5.75. The van der Waals surface area contributed by atoms with Crippen molar-refractivity contribution in [3.63, 3.8) is 0 Å². The van der Waals surface area contributed by atoms with Crippen LogP contribution in [-0.2, 0) is 11.3 Å². The lowest BCUT2D eigenvalue weighted by Crippen LogP contribution is -2.22. The Kier molecular flexibility index (Phi) is 16.2. The molecule has 0 aliphatic heterocycles. The summed E-state index contributed by atoms with van der Waals surface area (Å²) < 4.78 is 0. The summed E-state index contributed by atoms with van der Waals surface area (Å²) in [6, 6.07) is 10.0. The van der Waals surface area contributed by atoms with E-state index in [9.17, 15) is 4.79 Å². The Labute approximate surface area is 178 Å². The largest absolute Gasteiger partial charge is 0.352 e. The standard InChI is InChI=1S/C27H39NO/c1-2-3-4-5-6-7-8-9-10-11-12-13-14-15-16-17-21-24-27(29)28-25-26-22-19-18-20-23-26/h6-7,9-10,12-13,15-16,18-20,22-23H,2-5,8,11,14,17,21,24-25H2,1H3,(H,28,29)/b7-6-,10-9-,13-12-,16-15-. The molecule has 0 aliphatic carbocycles. The van der Waals surface area contributed by atoms with Gasteiger partial charge in [0.2, 0.25) is 5.91 Å². The number of carbonyl (C=O) groups is 1. The van der Waals surface area contributed by atoms with Crippen molar-refractivity contribution in [2.24, 2.45) is 0 Å². The summed E-state index contributed by atoms with van der Waals surface area (Å²) in [5.41, 5.74) is 1.14. The fourth-order valence-corrected chi connectivity index (χ4v) is 2.83. The van der Waals surface area contributed by atoms with Crippen LogP contribution in [0, 0.1) is 0 Å². The molecule has 0 spiro atoms. The molecule has 1 aromatic rings. The summed E-state index contributed by atoms with van der Waals surface area (Å²) in [7, 11) is 0. The van der Waals surface area contributed by atoms with Crippen molar-refractivity contribution in [2.45, 2.75) is 77.7 Å². The predicted molar refractivity (Wildman–Crippen MR) is 127 cm³/mol. The maximum atomic E-state index is 11.8. The van der Waals surface area contributed by atoms with Gasteiger partial charge in [-0.05, 0) is 50.5 Å². The monoisotopic (exact) mass is 393 g/mol. The first-order valence-corrected chi connectivity index (χ1v) is 11.2. The number of hydrogen-bond donors (Lipinski definition) is 1. The minimum atomic E-state index is 0.129. The molecular formula is C27H39NO. The van der Waals surface area contributed by atoms with Crippen molar-refractivity contribution in [3.05, 3.63) is 84.5 Å². The molecule has 1 rings (SSSR count). The van der Waals surface area contributed by atoms with Crippen LogP contribution in [0.25, 0.3) is 0 Å². The molecule has 2 nitrogen and oxygen atoms in total. The number of amides is 1. The summed E-state index contributed by atoms with van der Waals surface area (Å²) in [6.45, 7) is 2.86. The van der Waals surface area contributed by atoms with E-state index in [0.29, 0.717) is 13.0 Å². The number of nitrogens with one attached hydrogen (secondary N) is 1. The zero-order valence-corrected chi connectivity index (χ0v) is 18.2. The number of carbonyl (C=O) groups excluding carboxylic acids is 1. The summed E-state index contributed by atoms with van der Waals surface area (Å²) in [4.78, 5) is 11.8. The highest BCUT2D eigenvalue weighted by atomic mass is 16.1. The van der Waals surface area contributed by atoms with Crippen molar-refractivity contribution in [1.29, 1.82) is 0 Å². The highest BCUT2D eigenvalue weighted by Gasteiger charge is 1.99. The van der Waals surface area contributed by atoms with Gasteiger partial charge >= 0.3 is 0 Å². The Bertz CT molecular complexity index is 625. The Morgan fingerprint density at radius 2 is 1.31 bits per heavy atom. The topological polar surface area (TPSA) is 29.1 Å². The Morgan fingerprint density at radius 3 is 1.90 bits per heavy atom. The number of unbranched alkanes of at least 4 members (excludes halogenated alkanes) is 4. The lowest BCUT2D eigenvalue weighted by atomic mass is 10.2. The zero-order valence-electron chi connectivity index (χ0n) is 18.2. The van der Waals surface area contributed by atoms with Gasteiger partial charge in [0.25, 0.3) is 0 Å². The van der Waals surface area contributed by atoms with Gasteiger partial charge in [0.15, 0.2) is 0 Å². The lowest BCUT2D eigenvalue weighted by Gasteiger charge is -2.04. The Morgan fingerprint density at radius 1 is 0.759 bits per heavy atom. The number of rotatable bonds is 16. The second-order valence-corrected chi connectivity index (χ2v) is 7.24. The van der Waals surface area contributed by atoms with Gasteiger partial charge < -0.3 is 5.32 Å². The van der Waals surface area contributed by atoms with Crippen LogP contribution in [0.3, 0.4) is 0 Å². The summed E-state index contributed by atoms with van der Waals surface area (Å²) in [6.07, 6.45) is 28.4. The van der Waals surface area contributed by atoms with Gasteiger partial charge in [-0.1, -0.05) is 98.7 Å². The average Bonchev–Trinajstić information content (AvgIpc) is 2.75. The SMILES string of the molecule is CCCCC/C=C\C/C=C\C/C=C\C/C=C\CCCC(=O)NCc1ccccc1. The van der Waals surface area contributed by atoms with Gasteiger partial charge in [0, 0.05) is 13.0 Å². The third kappa shape index (κ3) is 16.3. The first-order valence-electron chi connectivity index (χ1n) is 11.2. The van der Waals surface area contributed by atoms with Crippen molar-refractivity contribution in [3.8, 4) is 0 Å². The fraction of sp³-hybridized carbons (Fsp3) is 0.444. The second kappa shape index (κ2) is 19.0. The van der Waals surface area contributed by atoms with Crippen LogP contribution in [0.15, 0.2) is 78.9 Å². The number of hydrogen-bond acceptors (Lipinski definition) is 1. The average molecular weight is 394 g/mol. The summed E-state index contributed by atoms with van der Waals surface area (Å²) >= 11 is 0. The van der Waals surface area contributed by atoms with Crippen molar-refractivity contribution < 1.29 is 4.79 Å². The number of allylic oxidation sites excluding steroid dienone is 8. The van der Waals surface area contributed by atoms with Crippen molar-refractivity contribution >= 4 is 5.91 Å². The molecule has 0 aromatic heterocycles. The number of benzene rings is 1. The molecular weight excluding hydrogens is 354 g/mol. The van der Waals surface area contributed by atoms with Crippen LogP contribution >= 0.6 is 0 Å². The van der Waals surface area contributed by atoms with E-state index in [1.807, 2.05) is 30.3 Å². The van der Waals surface area contributed by atoms with E-state index in [1.54, 1.807) is 0 Å². The van der Waals surface area contributed by atoms with Gasteiger partial charge in [0.1, 0.15) is 0 Å². The highest BCUT2D eigenvalue weighted by Crippen LogP contribution is 2.02. The quantitative estimate of drug-likeness (QED) is 0.229. The van der Waals surface area contributed by atoms with E-state index >= 15 is 0 Å². The molecule has 0 heterocycles. The van der Waals surface area contributed by atoms with Gasteiger partial charge in [0.05, 0.1) is 0 Å². The lowest BCUT2D eigenvalue weighted by molar-refractivity contribution is -0.121. The third-order valence-corrected chi connectivity index (χ3v) is 4.56.